The van der Waals surface area contributed by atoms with Gasteiger partial charge in [0.2, 0.25) is 17.7 Å². The summed E-state index contributed by atoms with van der Waals surface area (Å²) in [6, 6.07) is -2.29. The van der Waals surface area contributed by atoms with Gasteiger partial charge in [0.05, 0.1) is 12.6 Å². The Bertz CT molecular complexity index is 753. The number of amides is 4. The highest BCUT2D eigenvalue weighted by atomic mass is 16.3. The third-order valence-corrected chi connectivity index (χ3v) is 7.10. The van der Waals surface area contributed by atoms with Crippen LogP contribution < -0.4 is 5.32 Å². The summed E-state index contributed by atoms with van der Waals surface area (Å²) in [5.74, 6) is -1.42. The van der Waals surface area contributed by atoms with Gasteiger partial charge in [0.25, 0.3) is 5.91 Å². The summed E-state index contributed by atoms with van der Waals surface area (Å²) in [7, 11) is 0. The standard InChI is InChI=1S/C20H30N4O5/c1-11(2)20-10-24(19(20)29)15(12(3)25)18(28)23-9-5-7-14(23)17(27)22-8-4-6-13(22)16(26)21-20/h11-15,25H,4-10H2,1-3H3,(H,21,26)/t12-,13+,14+,15?,20?/m1/s1. The molecule has 5 aliphatic rings. The van der Waals surface area contributed by atoms with E-state index in [1.807, 2.05) is 13.8 Å². The number of aliphatic hydroxyl groups is 1. The maximum Gasteiger partial charge on any atom is 0.251 e. The quantitative estimate of drug-likeness (QED) is 0.577. The van der Waals surface area contributed by atoms with Gasteiger partial charge in [0.15, 0.2) is 0 Å². The van der Waals surface area contributed by atoms with Gasteiger partial charge in [-0.3, -0.25) is 19.2 Å². The fourth-order valence-electron chi connectivity index (χ4n) is 5.32. The fourth-order valence-corrected chi connectivity index (χ4v) is 5.32. The molecule has 5 rings (SSSR count). The van der Waals surface area contributed by atoms with Gasteiger partial charge < -0.3 is 25.1 Å². The van der Waals surface area contributed by atoms with Gasteiger partial charge in [0, 0.05) is 13.1 Å². The van der Waals surface area contributed by atoms with Crippen LogP contribution in [0.4, 0.5) is 0 Å². The summed E-state index contributed by atoms with van der Waals surface area (Å²) in [5.41, 5.74) is -1.11. The molecular weight excluding hydrogens is 376 g/mol. The molecule has 5 heterocycles. The molecule has 0 aliphatic carbocycles. The van der Waals surface area contributed by atoms with E-state index in [1.54, 1.807) is 4.90 Å². The molecule has 5 saturated heterocycles. The number of hydrogen-bond acceptors (Lipinski definition) is 5. The Morgan fingerprint density at radius 1 is 0.931 bits per heavy atom. The summed E-state index contributed by atoms with van der Waals surface area (Å²) in [4.78, 5) is 57.4. The second-order valence-corrected chi connectivity index (χ2v) is 9.11. The van der Waals surface area contributed by atoms with Crippen LogP contribution in [0.1, 0.15) is 46.5 Å². The van der Waals surface area contributed by atoms with Gasteiger partial charge in [-0.2, -0.15) is 0 Å². The van der Waals surface area contributed by atoms with Crippen molar-refractivity contribution in [2.24, 2.45) is 5.92 Å². The minimum absolute atomic E-state index is 0.176. The average Bonchev–Trinajstić information content (AvgIpc) is 3.33. The Morgan fingerprint density at radius 2 is 1.52 bits per heavy atom. The molecule has 5 fully saturated rings. The van der Waals surface area contributed by atoms with E-state index in [9.17, 15) is 24.3 Å². The van der Waals surface area contributed by atoms with Crippen molar-refractivity contribution in [1.29, 1.82) is 0 Å². The molecular formula is C20H30N4O5. The van der Waals surface area contributed by atoms with Crippen LogP contribution >= 0.6 is 0 Å². The minimum Gasteiger partial charge on any atom is -0.391 e. The normalized spacial score (nSPS) is 36.3. The minimum atomic E-state index is -1.11. The summed E-state index contributed by atoms with van der Waals surface area (Å²) in [6.45, 7) is 6.27. The number of rotatable bonds is 2. The maximum atomic E-state index is 13.4. The first kappa shape index (κ1) is 20.1. The van der Waals surface area contributed by atoms with E-state index in [0.29, 0.717) is 32.4 Å². The van der Waals surface area contributed by atoms with Crippen molar-refractivity contribution < 1.29 is 24.3 Å². The first-order chi connectivity index (χ1) is 13.7. The van der Waals surface area contributed by atoms with E-state index in [4.69, 9.17) is 0 Å². The van der Waals surface area contributed by atoms with Gasteiger partial charge in [-0.05, 0) is 38.5 Å². The van der Waals surface area contributed by atoms with Crippen LogP contribution in [0.3, 0.4) is 0 Å². The SMILES string of the molecule is CC(C)C12CN(C1=O)C([C@@H](C)O)C(=O)N1CCC[C@H]1C(=O)N1CCC[C@H]1C(=O)N2. The first-order valence-corrected chi connectivity index (χ1v) is 10.6. The lowest BCUT2D eigenvalue weighted by molar-refractivity contribution is -0.175. The highest BCUT2D eigenvalue weighted by Gasteiger charge is 2.60. The predicted octanol–water partition coefficient (Wildman–Crippen LogP) is -0.915. The zero-order valence-electron chi connectivity index (χ0n) is 17.3. The number of β-lactam (4-membered cyclic amide) rings is 1. The Kier molecular flexibility index (Phi) is 4.83. The van der Waals surface area contributed by atoms with Gasteiger partial charge in [-0.1, -0.05) is 13.8 Å². The number of nitrogens with zero attached hydrogens (tertiary/aromatic N) is 3. The van der Waals surface area contributed by atoms with E-state index in [0.717, 1.165) is 6.42 Å². The van der Waals surface area contributed by atoms with Gasteiger partial charge >= 0.3 is 0 Å². The molecule has 0 aromatic rings. The predicted molar refractivity (Wildman–Crippen MR) is 102 cm³/mol. The molecule has 9 nitrogen and oxygen atoms in total. The van der Waals surface area contributed by atoms with Crippen molar-refractivity contribution in [2.75, 3.05) is 19.6 Å². The first-order valence-electron chi connectivity index (χ1n) is 10.6. The van der Waals surface area contributed by atoms with Crippen molar-refractivity contribution in [1.82, 2.24) is 20.0 Å². The van der Waals surface area contributed by atoms with E-state index in [-0.39, 0.29) is 36.1 Å². The maximum absolute atomic E-state index is 13.4. The monoisotopic (exact) mass is 406 g/mol. The van der Waals surface area contributed by atoms with Crippen LogP contribution in [0, 0.1) is 5.92 Å². The third-order valence-electron chi connectivity index (χ3n) is 7.10. The molecule has 5 aliphatic heterocycles. The molecule has 2 N–H and O–H groups in total. The van der Waals surface area contributed by atoms with E-state index in [2.05, 4.69) is 5.32 Å². The fraction of sp³-hybridized carbons (Fsp3) is 0.800. The number of carbonyl (C=O) groups excluding carboxylic acids is 4. The lowest BCUT2D eigenvalue weighted by Crippen LogP contribution is -2.81. The Morgan fingerprint density at radius 3 is 2.07 bits per heavy atom. The third kappa shape index (κ3) is 2.85. The summed E-state index contributed by atoms with van der Waals surface area (Å²) < 4.78 is 0. The molecule has 0 radical (unpaired) electrons. The van der Waals surface area contributed by atoms with Crippen LogP contribution in [0.2, 0.25) is 0 Å². The van der Waals surface area contributed by atoms with Gasteiger partial charge in [0.1, 0.15) is 23.7 Å². The number of fused-ring (bicyclic) bond motifs is 2. The number of nitrogens with one attached hydrogen (secondary N) is 1. The van der Waals surface area contributed by atoms with Crippen LogP contribution in [-0.4, -0.2) is 92.8 Å². The van der Waals surface area contributed by atoms with Crippen LogP contribution in [0.15, 0.2) is 0 Å². The molecule has 2 unspecified atom stereocenters. The zero-order valence-corrected chi connectivity index (χ0v) is 17.3. The molecule has 0 aromatic carbocycles. The Hall–Kier alpha value is -2.16. The van der Waals surface area contributed by atoms with Crippen molar-refractivity contribution in [2.45, 2.75) is 76.2 Å². The Labute approximate surface area is 170 Å². The lowest BCUT2D eigenvalue weighted by Gasteiger charge is -2.55. The zero-order chi connectivity index (χ0) is 21.1. The molecule has 160 valence electrons. The highest BCUT2D eigenvalue weighted by molar-refractivity contribution is 6.03. The molecule has 4 amide bonds. The lowest BCUT2D eigenvalue weighted by atomic mass is 9.76. The second-order valence-electron chi connectivity index (χ2n) is 9.11. The van der Waals surface area contributed by atoms with Crippen molar-refractivity contribution in [3.8, 4) is 0 Å². The molecule has 0 aromatic heterocycles. The van der Waals surface area contributed by atoms with Crippen LogP contribution in [0.5, 0.6) is 0 Å². The van der Waals surface area contributed by atoms with E-state index >= 15 is 0 Å². The summed E-state index contributed by atoms with van der Waals surface area (Å²) in [6.07, 6.45) is 1.41. The molecule has 0 saturated carbocycles. The number of aliphatic hydroxyl groups excluding tert-OH is 1. The molecule has 5 atom stereocenters. The largest absolute Gasteiger partial charge is 0.391 e. The molecule has 9 heteroatoms. The highest BCUT2D eigenvalue weighted by Crippen LogP contribution is 2.36. The second kappa shape index (κ2) is 6.97. The van der Waals surface area contributed by atoms with Crippen LogP contribution in [-0.2, 0) is 19.2 Å². The van der Waals surface area contributed by atoms with Gasteiger partial charge in [-0.25, -0.2) is 0 Å². The van der Waals surface area contributed by atoms with Crippen LogP contribution in [0.25, 0.3) is 0 Å². The summed E-state index contributed by atoms with van der Waals surface area (Å²) in [5, 5.41) is 13.3. The number of carbonyl (C=O) groups is 4. The van der Waals surface area contributed by atoms with E-state index < -0.39 is 29.8 Å². The molecule has 2 bridgehead atoms. The summed E-state index contributed by atoms with van der Waals surface area (Å²) >= 11 is 0. The van der Waals surface area contributed by atoms with E-state index in [1.165, 1.54) is 16.7 Å². The average molecular weight is 406 g/mol. The number of hydrogen-bond donors (Lipinski definition) is 2. The topological polar surface area (TPSA) is 110 Å². The van der Waals surface area contributed by atoms with Crippen molar-refractivity contribution >= 4 is 23.6 Å². The van der Waals surface area contributed by atoms with Crippen molar-refractivity contribution in [3.63, 3.8) is 0 Å². The molecule has 29 heavy (non-hydrogen) atoms. The van der Waals surface area contributed by atoms with Crippen molar-refractivity contribution in [3.05, 3.63) is 0 Å². The van der Waals surface area contributed by atoms with Gasteiger partial charge in [-0.15, -0.1) is 0 Å². The smallest absolute Gasteiger partial charge is 0.251 e. The molecule has 0 spiro atoms. The Balaban J connectivity index is 1.77.